The van der Waals surface area contributed by atoms with Gasteiger partial charge in [0.1, 0.15) is 5.75 Å². The normalized spacial score (nSPS) is 11.3. The molecule has 0 unspecified atom stereocenters. The molecule has 3 nitrogen and oxygen atoms in total. The molecule has 0 saturated carbocycles. The molecule has 0 saturated heterocycles. The van der Waals surface area contributed by atoms with E-state index in [1.165, 1.54) is 18.2 Å². The molecular weight excluding hydrogens is 387 g/mol. The number of anilines is 1. The summed E-state index contributed by atoms with van der Waals surface area (Å²) in [7, 11) is 0. The predicted molar refractivity (Wildman–Crippen MR) is 80.2 cm³/mol. The maximum atomic E-state index is 12.7. The Hall–Kier alpha value is -1.73. The van der Waals surface area contributed by atoms with Crippen LogP contribution < -0.4 is 5.32 Å². The SMILES string of the molecule is O=C(Nc1cc(C(F)(F)F)ccc1Cl)c1cc(Br)ccc1O. The number of phenolic OH excluding ortho intramolecular Hbond substituents is 1. The Balaban J connectivity index is 2.34. The fourth-order valence-electron chi connectivity index (χ4n) is 1.68. The lowest BCUT2D eigenvalue weighted by Crippen LogP contribution is -2.14. The molecule has 0 fully saturated rings. The largest absolute Gasteiger partial charge is 0.507 e. The molecule has 8 heteroatoms. The third kappa shape index (κ3) is 3.72. The van der Waals surface area contributed by atoms with Crippen molar-refractivity contribution in [1.82, 2.24) is 0 Å². The number of hydrogen-bond acceptors (Lipinski definition) is 2. The average Bonchev–Trinajstić information content (AvgIpc) is 2.42. The quantitative estimate of drug-likeness (QED) is 0.746. The molecule has 0 aromatic heterocycles. The van der Waals surface area contributed by atoms with Crippen molar-refractivity contribution in [2.24, 2.45) is 0 Å². The van der Waals surface area contributed by atoms with E-state index in [1.807, 2.05) is 0 Å². The summed E-state index contributed by atoms with van der Waals surface area (Å²) in [6.45, 7) is 0. The van der Waals surface area contributed by atoms with Gasteiger partial charge in [0, 0.05) is 4.47 Å². The van der Waals surface area contributed by atoms with Gasteiger partial charge in [0.2, 0.25) is 0 Å². The summed E-state index contributed by atoms with van der Waals surface area (Å²) in [5.74, 6) is -1.08. The topological polar surface area (TPSA) is 49.3 Å². The lowest BCUT2D eigenvalue weighted by Gasteiger charge is -2.12. The van der Waals surface area contributed by atoms with E-state index in [0.29, 0.717) is 4.47 Å². The molecule has 2 N–H and O–H groups in total. The highest BCUT2D eigenvalue weighted by Crippen LogP contribution is 2.34. The molecule has 2 aromatic rings. The van der Waals surface area contributed by atoms with E-state index in [9.17, 15) is 23.1 Å². The Morgan fingerprint density at radius 2 is 1.86 bits per heavy atom. The number of phenols is 1. The van der Waals surface area contributed by atoms with Crippen LogP contribution in [0.5, 0.6) is 5.75 Å². The van der Waals surface area contributed by atoms with Crippen LogP contribution in [-0.2, 0) is 6.18 Å². The Labute approximate surface area is 136 Å². The highest BCUT2D eigenvalue weighted by atomic mass is 79.9. The van der Waals surface area contributed by atoms with Gasteiger partial charge in [-0.1, -0.05) is 27.5 Å². The van der Waals surface area contributed by atoms with Crippen molar-refractivity contribution in [2.75, 3.05) is 5.32 Å². The van der Waals surface area contributed by atoms with Crippen LogP contribution in [0, 0.1) is 0 Å². The van der Waals surface area contributed by atoms with E-state index < -0.39 is 17.6 Å². The number of benzene rings is 2. The van der Waals surface area contributed by atoms with Gasteiger partial charge in [-0.2, -0.15) is 13.2 Å². The van der Waals surface area contributed by atoms with Crippen molar-refractivity contribution in [2.45, 2.75) is 6.18 Å². The number of rotatable bonds is 2. The van der Waals surface area contributed by atoms with Crippen molar-refractivity contribution in [1.29, 1.82) is 0 Å². The molecule has 0 heterocycles. The molecule has 0 radical (unpaired) electrons. The van der Waals surface area contributed by atoms with E-state index in [2.05, 4.69) is 21.2 Å². The molecule has 1 amide bonds. The zero-order valence-corrected chi connectivity index (χ0v) is 13.1. The number of carbonyl (C=O) groups excluding carboxylic acids is 1. The summed E-state index contributed by atoms with van der Waals surface area (Å²) < 4.78 is 38.6. The zero-order chi connectivity index (χ0) is 16.5. The Morgan fingerprint density at radius 3 is 2.50 bits per heavy atom. The molecule has 0 aliphatic carbocycles. The van der Waals surface area contributed by atoms with Gasteiger partial charge < -0.3 is 10.4 Å². The second-order valence-corrected chi connectivity index (χ2v) is 5.63. The first-order valence-electron chi connectivity index (χ1n) is 5.85. The number of hydrogen-bond donors (Lipinski definition) is 2. The van der Waals surface area contributed by atoms with Gasteiger partial charge in [-0.25, -0.2) is 0 Å². The van der Waals surface area contributed by atoms with E-state index in [-0.39, 0.29) is 22.0 Å². The van der Waals surface area contributed by atoms with Crippen LogP contribution >= 0.6 is 27.5 Å². The maximum Gasteiger partial charge on any atom is 0.416 e. The lowest BCUT2D eigenvalue weighted by molar-refractivity contribution is -0.137. The molecule has 0 bridgehead atoms. The minimum Gasteiger partial charge on any atom is -0.507 e. The number of nitrogens with one attached hydrogen (secondary N) is 1. The van der Waals surface area contributed by atoms with Crippen molar-refractivity contribution in [3.8, 4) is 5.75 Å². The summed E-state index contributed by atoms with van der Waals surface area (Å²) in [5, 5.41) is 11.9. The van der Waals surface area contributed by atoms with E-state index in [0.717, 1.165) is 18.2 Å². The molecule has 0 atom stereocenters. The van der Waals surface area contributed by atoms with Gasteiger partial charge in [-0.15, -0.1) is 0 Å². The van der Waals surface area contributed by atoms with Gasteiger partial charge in [-0.05, 0) is 36.4 Å². The number of amides is 1. The number of carbonyl (C=O) groups is 1. The van der Waals surface area contributed by atoms with Crippen molar-refractivity contribution >= 4 is 39.1 Å². The molecule has 22 heavy (non-hydrogen) atoms. The second kappa shape index (κ2) is 6.18. The van der Waals surface area contributed by atoms with E-state index >= 15 is 0 Å². The third-order valence-electron chi connectivity index (χ3n) is 2.75. The van der Waals surface area contributed by atoms with Crippen LogP contribution in [0.3, 0.4) is 0 Å². The second-order valence-electron chi connectivity index (χ2n) is 4.31. The minimum atomic E-state index is -4.55. The van der Waals surface area contributed by atoms with Crippen LogP contribution in [0.15, 0.2) is 40.9 Å². The Bertz CT molecular complexity index is 735. The fraction of sp³-hybridized carbons (Fsp3) is 0.0714. The first-order valence-corrected chi connectivity index (χ1v) is 7.02. The average molecular weight is 395 g/mol. The molecule has 0 spiro atoms. The van der Waals surface area contributed by atoms with Crippen LogP contribution in [-0.4, -0.2) is 11.0 Å². The van der Waals surface area contributed by atoms with Crippen LogP contribution in [0.1, 0.15) is 15.9 Å². The number of halogens is 5. The maximum absolute atomic E-state index is 12.7. The summed E-state index contributed by atoms with van der Waals surface area (Å²) >= 11 is 8.93. The van der Waals surface area contributed by atoms with Gasteiger partial charge in [0.15, 0.2) is 0 Å². The first kappa shape index (κ1) is 16.6. The Morgan fingerprint density at radius 1 is 1.18 bits per heavy atom. The van der Waals surface area contributed by atoms with Crippen LogP contribution in [0.4, 0.5) is 18.9 Å². The summed E-state index contributed by atoms with van der Waals surface area (Å²) in [5.41, 5.74) is -1.23. The zero-order valence-electron chi connectivity index (χ0n) is 10.7. The Kier molecular flexibility index (Phi) is 4.67. The summed E-state index contributed by atoms with van der Waals surface area (Å²) in [6.07, 6.45) is -4.55. The lowest BCUT2D eigenvalue weighted by atomic mass is 10.1. The molecule has 2 rings (SSSR count). The monoisotopic (exact) mass is 393 g/mol. The van der Waals surface area contributed by atoms with Gasteiger partial charge in [0.25, 0.3) is 5.91 Å². The van der Waals surface area contributed by atoms with Crippen molar-refractivity contribution in [3.05, 3.63) is 57.0 Å². The van der Waals surface area contributed by atoms with Crippen molar-refractivity contribution < 1.29 is 23.1 Å². The highest BCUT2D eigenvalue weighted by Gasteiger charge is 2.31. The smallest absolute Gasteiger partial charge is 0.416 e. The predicted octanol–water partition coefficient (Wildman–Crippen LogP) is 5.08. The van der Waals surface area contributed by atoms with Crippen LogP contribution in [0.2, 0.25) is 5.02 Å². The van der Waals surface area contributed by atoms with Crippen molar-refractivity contribution in [3.63, 3.8) is 0 Å². The van der Waals surface area contributed by atoms with Gasteiger partial charge in [0.05, 0.1) is 21.8 Å². The van der Waals surface area contributed by atoms with Gasteiger partial charge >= 0.3 is 6.18 Å². The standard InChI is InChI=1S/C14H8BrClF3NO2/c15-8-2-4-12(21)9(6-8)13(22)20-11-5-7(14(17,18)19)1-3-10(11)16/h1-6,21H,(H,20,22). The fourth-order valence-corrected chi connectivity index (χ4v) is 2.20. The molecule has 116 valence electrons. The number of alkyl halides is 3. The summed E-state index contributed by atoms with van der Waals surface area (Å²) in [4.78, 5) is 12.1. The molecular formula is C14H8BrClF3NO2. The first-order chi connectivity index (χ1) is 10.2. The van der Waals surface area contributed by atoms with E-state index in [1.54, 1.807) is 0 Å². The summed E-state index contributed by atoms with van der Waals surface area (Å²) in [6, 6.07) is 6.73. The number of aromatic hydroxyl groups is 1. The van der Waals surface area contributed by atoms with Crippen LogP contribution in [0.25, 0.3) is 0 Å². The minimum absolute atomic E-state index is 0.0455. The molecule has 0 aliphatic heterocycles. The highest BCUT2D eigenvalue weighted by molar-refractivity contribution is 9.10. The van der Waals surface area contributed by atoms with E-state index in [4.69, 9.17) is 11.6 Å². The third-order valence-corrected chi connectivity index (χ3v) is 3.57. The van der Waals surface area contributed by atoms with Gasteiger partial charge in [-0.3, -0.25) is 4.79 Å². The molecule has 0 aliphatic rings. The molecule has 2 aromatic carbocycles.